The van der Waals surface area contributed by atoms with E-state index in [0.29, 0.717) is 23.6 Å². The molecule has 3 aromatic rings. The molecule has 2 aromatic heterocycles. The number of aromatic nitrogens is 3. The summed E-state index contributed by atoms with van der Waals surface area (Å²) in [6.45, 7) is 6.54. The minimum absolute atomic E-state index is 0.00723. The number of halogens is 7. The number of nitrogens with zero attached hydrogens (tertiary/aromatic N) is 3. The molecule has 1 aliphatic rings. The maximum atomic E-state index is 14.6. The van der Waals surface area contributed by atoms with Crippen molar-refractivity contribution in [3.8, 4) is 0 Å². The van der Waals surface area contributed by atoms with Crippen LogP contribution >= 0.6 is 21.8 Å². The zero-order valence-corrected chi connectivity index (χ0v) is 22.2. The normalized spacial score (nSPS) is 24.6. The van der Waals surface area contributed by atoms with Gasteiger partial charge in [-0.05, 0) is 31.5 Å². The van der Waals surface area contributed by atoms with E-state index in [1.165, 1.54) is 30.8 Å². The van der Waals surface area contributed by atoms with Crippen LogP contribution in [0.4, 0.5) is 29.5 Å². The Balaban J connectivity index is 1.69. The summed E-state index contributed by atoms with van der Waals surface area (Å²) in [6, 6.07) is 1.05. The van der Waals surface area contributed by atoms with Gasteiger partial charge in [-0.1, -0.05) is 50.9 Å². The van der Waals surface area contributed by atoms with Gasteiger partial charge in [0.15, 0.2) is 18.0 Å². The first kappa shape index (κ1) is 28.3. The summed E-state index contributed by atoms with van der Waals surface area (Å²) < 4.78 is 93.0. The van der Waals surface area contributed by atoms with E-state index in [0.717, 1.165) is 0 Å². The first-order chi connectivity index (χ1) is 17.4. The van der Waals surface area contributed by atoms with E-state index in [1.807, 2.05) is 13.8 Å². The number of hydrogen-bond donors (Lipinski definition) is 1. The maximum absolute atomic E-state index is 14.6. The van der Waals surface area contributed by atoms with Gasteiger partial charge in [-0.3, -0.25) is 4.79 Å². The molecule has 1 fully saturated rings. The van der Waals surface area contributed by atoms with E-state index in [4.69, 9.17) is 21.1 Å². The van der Waals surface area contributed by atoms with Crippen LogP contribution in [0, 0.1) is 11.7 Å². The molecule has 1 saturated heterocycles. The Morgan fingerprint density at radius 3 is 2.53 bits per heavy atom. The molecular weight excluding hydrogens is 562 g/mol. The fraction of sp³-hybridized carbons (Fsp3) is 0.435. The highest BCUT2D eigenvalue weighted by molar-refractivity contribution is 8.45. The predicted octanol–water partition coefficient (Wildman–Crippen LogP) is 7.93. The lowest BCUT2D eigenvalue weighted by Gasteiger charge is -2.40. The van der Waals surface area contributed by atoms with E-state index < -0.39 is 45.3 Å². The summed E-state index contributed by atoms with van der Waals surface area (Å²) in [7, 11) is -10.0. The van der Waals surface area contributed by atoms with Crippen LogP contribution in [0.25, 0.3) is 11.0 Å². The summed E-state index contributed by atoms with van der Waals surface area (Å²) >= 11 is 6.23. The lowest BCUT2D eigenvalue weighted by atomic mass is 9.98. The highest BCUT2D eigenvalue weighted by Gasteiger charge is 2.65. The van der Waals surface area contributed by atoms with Gasteiger partial charge in [0.2, 0.25) is 0 Å². The summed E-state index contributed by atoms with van der Waals surface area (Å²) in [5.74, 6) is -2.10. The molecule has 15 heteroatoms. The van der Waals surface area contributed by atoms with Crippen molar-refractivity contribution in [1.82, 2.24) is 14.8 Å². The topological polar surface area (TPSA) is 78.3 Å². The van der Waals surface area contributed by atoms with E-state index in [2.05, 4.69) is 15.4 Å². The molecule has 0 unspecified atom stereocenters. The highest BCUT2D eigenvalue weighted by atomic mass is 35.5. The molecule has 1 N–H and O–H groups in total. The first-order valence-electron chi connectivity index (χ1n) is 11.6. The van der Waals surface area contributed by atoms with E-state index in [1.54, 1.807) is 0 Å². The van der Waals surface area contributed by atoms with Crippen molar-refractivity contribution in [2.45, 2.75) is 63.5 Å². The molecule has 5 atom stereocenters. The van der Waals surface area contributed by atoms with Crippen molar-refractivity contribution in [3.05, 3.63) is 47.0 Å². The van der Waals surface area contributed by atoms with Crippen molar-refractivity contribution in [2.24, 2.45) is 5.92 Å². The third-order valence-corrected chi connectivity index (χ3v) is 7.78. The highest BCUT2D eigenvalue weighted by Crippen LogP contribution is 3.02. The van der Waals surface area contributed by atoms with Crippen LogP contribution in [0.5, 0.6) is 0 Å². The number of nitrogens with one attached hydrogen (secondary N) is 1. The van der Waals surface area contributed by atoms with Crippen molar-refractivity contribution < 1.29 is 38.1 Å². The summed E-state index contributed by atoms with van der Waals surface area (Å²) in [6.07, 6.45) is 0.375. The van der Waals surface area contributed by atoms with Crippen molar-refractivity contribution >= 4 is 44.5 Å². The number of hydrogen-bond acceptors (Lipinski definition) is 6. The van der Waals surface area contributed by atoms with Gasteiger partial charge in [0.1, 0.15) is 15.9 Å². The standard InChI is InChI=1S/C23H25ClF6N4O3S/c1-5-19-11(2)21(36-13(4)35)23(37-19)34-22-16(10-31-34)18(9-20(24)33-22)32-12(3)15-7-6-14(8-17(15)25)38(26,27,28,29)30/h6-12,19,21,23H,5H2,1-4H3,(H,32,33)/t11-,12+,19-,21-,23-/m1/s1. The number of benzene rings is 1. The Hall–Kier alpha value is -2.71. The molecule has 1 aliphatic heterocycles. The van der Waals surface area contributed by atoms with Gasteiger partial charge in [0.25, 0.3) is 0 Å². The largest absolute Gasteiger partial charge is 0.457 e. The van der Waals surface area contributed by atoms with Crippen molar-refractivity contribution in [1.29, 1.82) is 0 Å². The first-order valence-corrected chi connectivity index (χ1v) is 13.9. The number of carbonyl (C=O) groups excluding carboxylic acids is 1. The Morgan fingerprint density at radius 1 is 1.26 bits per heavy atom. The van der Waals surface area contributed by atoms with Crippen molar-refractivity contribution in [3.63, 3.8) is 0 Å². The van der Waals surface area contributed by atoms with Crippen LogP contribution in [0.3, 0.4) is 0 Å². The van der Waals surface area contributed by atoms with Crippen LogP contribution in [0.15, 0.2) is 35.4 Å². The summed E-state index contributed by atoms with van der Waals surface area (Å²) in [4.78, 5) is 13.7. The number of fused-ring (bicyclic) bond motifs is 1. The van der Waals surface area contributed by atoms with Gasteiger partial charge >= 0.3 is 16.2 Å². The molecule has 0 aliphatic carbocycles. The molecule has 0 amide bonds. The SMILES string of the molecule is CC[C@H]1O[C@@H](n2ncc3c(N[C@@H](C)c4ccc(S(F)(F)(F)(F)F)cc4F)cc(Cl)nc32)[C@H](OC(C)=O)[C@@H]1C. The smallest absolute Gasteiger partial charge is 0.310 e. The van der Waals surface area contributed by atoms with Crippen LogP contribution in [-0.4, -0.2) is 32.9 Å². The Kier molecular flexibility index (Phi) is 6.64. The zero-order valence-electron chi connectivity index (χ0n) is 20.6. The fourth-order valence-electron chi connectivity index (χ4n) is 4.58. The molecule has 3 heterocycles. The Bertz CT molecular complexity index is 1400. The maximum Gasteiger partial charge on any atom is 0.310 e. The average molecular weight is 587 g/mol. The molecule has 0 saturated carbocycles. The molecule has 0 bridgehead atoms. The molecular formula is C23H25ClF6N4O3S. The summed E-state index contributed by atoms with van der Waals surface area (Å²) in [5.41, 5.74) is 0.268. The quantitative estimate of drug-likeness (QED) is 0.172. The minimum Gasteiger partial charge on any atom is -0.457 e. The van der Waals surface area contributed by atoms with E-state index >= 15 is 0 Å². The second-order valence-electron chi connectivity index (χ2n) is 9.24. The van der Waals surface area contributed by atoms with Gasteiger partial charge in [-0.25, -0.2) is 14.1 Å². The van der Waals surface area contributed by atoms with Gasteiger partial charge in [-0.15, -0.1) is 0 Å². The lowest BCUT2D eigenvalue weighted by Crippen LogP contribution is -2.30. The third kappa shape index (κ3) is 5.52. The molecule has 7 nitrogen and oxygen atoms in total. The zero-order chi connectivity index (χ0) is 28.3. The minimum atomic E-state index is -10.0. The van der Waals surface area contributed by atoms with Gasteiger partial charge in [0.05, 0.1) is 29.4 Å². The van der Waals surface area contributed by atoms with Gasteiger partial charge in [0, 0.05) is 18.4 Å². The number of anilines is 1. The molecule has 210 valence electrons. The number of rotatable bonds is 7. The van der Waals surface area contributed by atoms with Crippen LogP contribution in [0.2, 0.25) is 5.15 Å². The molecule has 38 heavy (non-hydrogen) atoms. The fourth-order valence-corrected chi connectivity index (χ4v) is 5.42. The second kappa shape index (κ2) is 8.91. The van der Waals surface area contributed by atoms with Crippen LogP contribution in [0.1, 0.15) is 51.9 Å². The predicted molar refractivity (Wildman–Crippen MR) is 131 cm³/mol. The molecule has 0 radical (unpaired) electrons. The van der Waals surface area contributed by atoms with Crippen LogP contribution < -0.4 is 5.32 Å². The molecule has 4 rings (SSSR count). The third-order valence-electron chi connectivity index (χ3n) is 6.44. The monoisotopic (exact) mass is 586 g/mol. The number of carbonyl (C=O) groups is 1. The molecule has 1 aromatic carbocycles. The van der Waals surface area contributed by atoms with E-state index in [-0.39, 0.29) is 40.5 Å². The van der Waals surface area contributed by atoms with E-state index in [9.17, 15) is 28.6 Å². The number of ether oxygens (including phenoxy) is 2. The van der Waals surface area contributed by atoms with Crippen LogP contribution in [-0.2, 0) is 14.3 Å². The number of pyridine rings is 1. The Labute approximate surface area is 219 Å². The van der Waals surface area contributed by atoms with Gasteiger partial charge in [-0.2, -0.15) is 5.10 Å². The number of esters is 1. The lowest BCUT2D eigenvalue weighted by molar-refractivity contribution is -0.154. The second-order valence-corrected chi connectivity index (χ2v) is 12.0. The Morgan fingerprint density at radius 2 is 1.95 bits per heavy atom. The molecule has 0 spiro atoms. The average Bonchev–Trinajstić information content (AvgIpc) is 3.32. The summed E-state index contributed by atoms with van der Waals surface area (Å²) in [5, 5.41) is 7.70. The van der Waals surface area contributed by atoms with Crippen molar-refractivity contribution in [2.75, 3.05) is 5.32 Å². The van der Waals surface area contributed by atoms with Gasteiger partial charge < -0.3 is 14.8 Å².